The lowest BCUT2D eigenvalue weighted by atomic mass is 10.1. The molecule has 0 unspecified atom stereocenters. The quantitative estimate of drug-likeness (QED) is 0.737. The summed E-state index contributed by atoms with van der Waals surface area (Å²) in [4.78, 5) is 2.18. The second-order valence-corrected chi connectivity index (χ2v) is 3.66. The van der Waals surface area contributed by atoms with E-state index in [-0.39, 0.29) is 0 Å². The number of anilines is 1. The second kappa shape index (κ2) is 5.06. The van der Waals surface area contributed by atoms with Crippen LogP contribution < -0.4 is 4.90 Å². The zero-order chi connectivity index (χ0) is 10.6. The van der Waals surface area contributed by atoms with Gasteiger partial charge in [0.2, 0.25) is 0 Å². The SMILES string of the molecule is Cc1c[c]cc(C)c1N(C)CC=CCl. The molecule has 0 fully saturated rings. The molecular formula is C12H15ClN. The molecule has 0 saturated heterocycles. The number of hydrogen-bond acceptors (Lipinski definition) is 1. The first kappa shape index (κ1) is 11.1. The van der Waals surface area contributed by atoms with Crippen LogP contribution in [-0.2, 0) is 0 Å². The molecule has 0 atom stereocenters. The summed E-state index contributed by atoms with van der Waals surface area (Å²) in [6.45, 7) is 5.02. The average molecular weight is 209 g/mol. The Hall–Kier alpha value is -0.950. The molecule has 0 aliphatic heterocycles. The van der Waals surface area contributed by atoms with E-state index in [0.717, 1.165) is 6.54 Å². The summed E-state index contributed by atoms with van der Waals surface area (Å²) in [5.41, 5.74) is 5.31. The van der Waals surface area contributed by atoms with Gasteiger partial charge in [-0.1, -0.05) is 17.7 Å². The van der Waals surface area contributed by atoms with Gasteiger partial charge < -0.3 is 4.90 Å². The largest absolute Gasteiger partial charge is 0.370 e. The van der Waals surface area contributed by atoms with Crippen LogP contribution in [-0.4, -0.2) is 13.6 Å². The number of rotatable bonds is 3. The molecule has 1 aromatic carbocycles. The Morgan fingerprint density at radius 3 is 2.43 bits per heavy atom. The van der Waals surface area contributed by atoms with Crippen molar-refractivity contribution in [1.29, 1.82) is 0 Å². The van der Waals surface area contributed by atoms with Crippen molar-refractivity contribution in [2.75, 3.05) is 18.5 Å². The van der Waals surface area contributed by atoms with Crippen LogP contribution in [0, 0.1) is 19.9 Å². The molecule has 75 valence electrons. The maximum Gasteiger partial charge on any atom is 0.0426 e. The number of nitrogens with zero attached hydrogens (tertiary/aromatic N) is 1. The van der Waals surface area contributed by atoms with E-state index in [1.54, 1.807) is 5.54 Å². The van der Waals surface area contributed by atoms with Gasteiger partial charge in [0.25, 0.3) is 0 Å². The first-order valence-corrected chi connectivity index (χ1v) is 5.04. The summed E-state index contributed by atoms with van der Waals surface area (Å²) in [6.07, 6.45) is 1.93. The summed E-state index contributed by atoms with van der Waals surface area (Å²) >= 11 is 5.50. The summed E-state index contributed by atoms with van der Waals surface area (Å²) in [6, 6.07) is 7.12. The molecule has 1 rings (SSSR count). The van der Waals surface area contributed by atoms with Crippen LogP contribution in [0.5, 0.6) is 0 Å². The van der Waals surface area contributed by atoms with E-state index in [0.29, 0.717) is 0 Å². The molecule has 0 amide bonds. The topological polar surface area (TPSA) is 3.24 Å². The number of aryl methyl sites for hydroxylation is 2. The molecule has 0 aromatic heterocycles. The van der Waals surface area contributed by atoms with Crippen LogP contribution >= 0.6 is 11.6 Å². The van der Waals surface area contributed by atoms with Crippen LogP contribution in [0.25, 0.3) is 0 Å². The Balaban J connectivity index is 2.93. The Labute approximate surface area is 91.0 Å². The van der Waals surface area contributed by atoms with Crippen LogP contribution in [0.15, 0.2) is 23.7 Å². The van der Waals surface area contributed by atoms with E-state index in [1.807, 2.05) is 18.2 Å². The smallest absolute Gasteiger partial charge is 0.0426 e. The lowest BCUT2D eigenvalue weighted by Crippen LogP contribution is -2.18. The predicted octanol–water partition coefficient (Wildman–Crippen LogP) is 3.29. The van der Waals surface area contributed by atoms with Crippen molar-refractivity contribution >= 4 is 17.3 Å². The van der Waals surface area contributed by atoms with Gasteiger partial charge in [-0.05, 0) is 43.2 Å². The number of hydrogen-bond donors (Lipinski definition) is 0. The van der Waals surface area contributed by atoms with E-state index in [4.69, 9.17) is 11.6 Å². The highest BCUT2D eigenvalue weighted by Gasteiger charge is 2.05. The summed E-state index contributed by atoms with van der Waals surface area (Å²) in [7, 11) is 2.06. The fourth-order valence-corrected chi connectivity index (χ4v) is 1.71. The van der Waals surface area contributed by atoms with Crippen molar-refractivity contribution in [3.8, 4) is 0 Å². The molecule has 2 heteroatoms. The fourth-order valence-electron chi connectivity index (χ4n) is 1.63. The van der Waals surface area contributed by atoms with Crippen molar-refractivity contribution in [2.24, 2.45) is 0 Å². The first-order valence-electron chi connectivity index (χ1n) is 4.60. The van der Waals surface area contributed by atoms with Crippen molar-refractivity contribution in [2.45, 2.75) is 13.8 Å². The van der Waals surface area contributed by atoms with Crippen molar-refractivity contribution in [3.05, 3.63) is 40.9 Å². The zero-order valence-corrected chi connectivity index (χ0v) is 9.60. The molecule has 1 aromatic rings. The third kappa shape index (κ3) is 2.52. The van der Waals surface area contributed by atoms with Crippen LogP contribution in [0.2, 0.25) is 0 Å². The minimum atomic E-state index is 0.829. The summed E-state index contributed by atoms with van der Waals surface area (Å²) in [5.74, 6) is 0. The minimum Gasteiger partial charge on any atom is -0.370 e. The zero-order valence-electron chi connectivity index (χ0n) is 8.84. The molecule has 1 nitrogen and oxygen atoms in total. The van der Waals surface area contributed by atoms with Gasteiger partial charge in [-0.2, -0.15) is 0 Å². The highest BCUT2D eigenvalue weighted by Crippen LogP contribution is 2.22. The van der Waals surface area contributed by atoms with Gasteiger partial charge in [0.05, 0.1) is 0 Å². The highest BCUT2D eigenvalue weighted by atomic mass is 35.5. The van der Waals surface area contributed by atoms with E-state index in [9.17, 15) is 0 Å². The molecule has 0 N–H and O–H groups in total. The van der Waals surface area contributed by atoms with E-state index in [2.05, 4.69) is 31.9 Å². The van der Waals surface area contributed by atoms with Gasteiger partial charge in [0, 0.05) is 24.8 Å². The van der Waals surface area contributed by atoms with E-state index >= 15 is 0 Å². The van der Waals surface area contributed by atoms with E-state index < -0.39 is 0 Å². The van der Waals surface area contributed by atoms with Gasteiger partial charge in [-0.3, -0.25) is 0 Å². The van der Waals surface area contributed by atoms with Crippen LogP contribution in [0.4, 0.5) is 5.69 Å². The maximum atomic E-state index is 5.50. The average Bonchev–Trinajstić information content (AvgIpc) is 2.14. The Kier molecular flexibility index (Phi) is 4.02. The lowest BCUT2D eigenvalue weighted by molar-refractivity contribution is 1.01. The van der Waals surface area contributed by atoms with Gasteiger partial charge in [0.1, 0.15) is 0 Å². The Morgan fingerprint density at radius 2 is 1.93 bits per heavy atom. The van der Waals surface area contributed by atoms with Gasteiger partial charge in [-0.25, -0.2) is 0 Å². The maximum absolute atomic E-state index is 5.50. The lowest BCUT2D eigenvalue weighted by Gasteiger charge is -2.21. The molecule has 14 heavy (non-hydrogen) atoms. The van der Waals surface area contributed by atoms with E-state index in [1.165, 1.54) is 16.8 Å². The van der Waals surface area contributed by atoms with Crippen LogP contribution in [0.1, 0.15) is 11.1 Å². The fraction of sp³-hybridized carbons (Fsp3) is 0.333. The predicted molar refractivity (Wildman–Crippen MR) is 63.0 cm³/mol. The van der Waals surface area contributed by atoms with Crippen molar-refractivity contribution in [3.63, 3.8) is 0 Å². The van der Waals surface area contributed by atoms with Gasteiger partial charge in [0.15, 0.2) is 0 Å². The standard InChI is InChI=1S/C12H15ClN/c1-10-6-4-7-11(2)12(10)14(3)9-5-8-13/h5-8H,9H2,1-3H3. The Bertz CT molecular complexity index is 311. The van der Waals surface area contributed by atoms with Gasteiger partial charge in [-0.15, -0.1) is 0 Å². The molecule has 0 aliphatic rings. The molecular weight excluding hydrogens is 194 g/mol. The summed E-state index contributed by atoms with van der Waals surface area (Å²) < 4.78 is 0. The molecule has 1 radical (unpaired) electrons. The van der Waals surface area contributed by atoms with Crippen LogP contribution in [0.3, 0.4) is 0 Å². The third-order valence-corrected chi connectivity index (χ3v) is 2.37. The molecule has 0 heterocycles. The number of benzene rings is 1. The molecule has 0 bridgehead atoms. The first-order chi connectivity index (χ1) is 6.66. The minimum absolute atomic E-state index is 0.829. The number of likely N-dealkylation sites (N-methyl/N-ethyl adjacent to an activating group) is 1. The van der Waals surface area contributed by atoms with Gasteiger partial charge >= 0.3 is 0 Å². The monoisotopic (exact) mass is 208 g/mol. The normalized spacial score (nSPS) is 10.9. The Morgan fingerprint density at radius 1 is 1.36 bits per heavy atom. The van der Waals surface area contributed by atoms with Crippen molar-refractivity contribution in [1.82, 2.24) is 0 Å². The molecule has 0 spiro atoms. The highest BCUT2D eigenvalue weighted by molar-refractivity contribution is 6.25. The molecule has 0 aliphatic carbocycles. The second-order valence-electron chi connectivity index (χ2n) is 3.41. The number of halogens is 1. The molecule has 0 saturated carbocycles. The van der Waals surface area contributed by atoms with Crippen molar-refractivity contribution < 1.29 is 0 Å². The third-order valence-electron chi connectivity index (χ3n) is 2.20. The summed E-state index contributed by atoms with van der Waals surface area (Å²) in [5, 5.41) is 0.